The van der Waals surface area contributed by atoms with Gasteiger partial charge < -0.3 is 16.0 Å². The average Bonchev–Trinajstić information content (AvgIpc) is 2.65. The molecule has 1 atom stereocenters. The van der Waals surface area contributed by atoms with Crippen LogP contribution in [0.1, 0.15) is 22.2 Å². The van der Waals surface area contributed by atoms with E-state index in [1.54, 1.807) is 0 Å². The number of aryl methyl sites for hydroxylation is 1. The van der Waals surface area contributed by atoms with Gasteiger partial charge in [0, 0.05) is 22.7 Å². The Labute approximate surface area is 123 Å². The number of nitrogen functional groups attached to an aromatic ring is 1. The molecular weight excluding hydrogens is 270 g/mol. The molecule has 0 aliphatic carbocycles. The number of hydrogen-bond acceptors (Lipinski definition) is 4. The zero-order valence-corrected chi connectivity index (χ0v) is 13.2. The van der Waals surface area contributed by atoms with Crippen molar-refractivity contribution in [2.45, 2.75) is 19.9 Å². The molecule has 0 fully saturated rings. The van der Waals surface area contributed by atoms with E-state index in [2.05, 4.69) is 11.4 Å². The van der Waals surface area contributed by atoms with Gasteiger partial charge in [-0.2, -0.15) is 0 Å². The van der Waals surface area contributed by atoms with Crippen molar-refractivity contribution < 1.29 is 4.79 Å². The Morgan fingerprint density at radius 1 is 1.45 bits per heavy atom. The summed E-state index contributed by atoms with van der Waals surface area (Å²) >= 11 is 1.46. The summed E-state index contributed by atoms with van der Waals surface area (Å²) < 4.78 is 1.06. The molecule has 0 saturated heterocycles. The molecule has 0 spiro atoms. The van der Waals surface area contributed by atoms with Crippen LogP contribution in [0.15, 0.2) is 18.2 Å². The van der Waals surface area contributed by atoms with Crippen molar-refractivity contribution in [1.29, 1.82) is 0 Å². The van der Waals surface area contributed by atoms with Gasteiger partial charge in [0.1, 0.15) is 4.88 Å². The van der Waals surface area contributed by atoms with Crippen molar-refractivity contribution in [1.82, 2.24) is 10.2 Å². The van der Waals surface area contributed by atoms with E-state index in [9.17, 15) is 4.79 Å². The zero-order valence-electron chi connectivity index (χ0n) is 12.4. The molecule has 2 aromatic rings. The number of nitrogens with zero attached hydrogens (tertiary/aromatic N) is 1. The maximum absolute atomic E-state index is 12.3. The van der Waals surface area contributed by atoms with Crippen molar-refractivity contribution >= 4 is 33.0 Å². The number of likely N-dealkylation sites (N-methyl/N-ethyl adjacent to an activating group) is 1. The molecule has 20 heavy (non-hydrogen) atoms. The smallest absolute Gasteiger partial charge is 0.263 e. The predicted molar refractivity (Wildman–Crippen MR) is 86.5 cm³/mol. The number of fused-ring (bicyclic) bond motifs is 1. The fourth-order valence-corrected chi connectivity index (χ4v) is 3.40. The lowest BCUT2D eigenvalue weighted by molar-refractivity contribution is 0.0939. The summed E-state index contributed by atoms with van der Waals surface area (Å²) in [6.07, 6.45) is 0. The fraction of sp³-hybridized carbons (Fsp3) is 0.400. The zero-order chi connectivity index (χ0) is 14.9. The van der Waals surface area contributed by atoms with Crippen LogP contribution in [0.25, 0.3) is 10.1 Å². The van der Waals surface area contributed by atoms with E-state index >= 15 is 0 Å². The molecule has 1 amide bonds. The van der Waals surface area contributed by atoms with Crippen molar-refractivity contribution in [2.24, 2.45) is 0 Å². The minimum Gasteiger partial charge on any atom is -0.397 e. The second kappa shape index (κ2) is 5.81. The Bertz CT molecular complexity index is 633. The first-order chi connectivity index (χ1) is 9.38. The Kier molecular flexibility index (Phi) is 4.30. The maximum Gasteiger partial charge on any atom is 0.263 e. The van der Waals surface area contributed by atoms with E-state index in [-0.39, 0.29) is 11.9 Å². The highest BCUT2D eigenvalue weighted by atomic mass is 32.1. The average molecular weight is 291 g/mol. The molecule has 3 N–H and O–H groups in total. The maximum atomic E-state index is 12.3. The second-order valence-corrected chi connectivity index (χ2v) is 6.53. The van der Waals surface area contributed by atoms with Crippen LogP contribution in [0.5, 0.6) is 0 Å². The molecule has 5 heteroatoms. The molecule has 2 rings (SSSR count). The molecule has 1 aromatic carbocycles. The number of rotatable bonds is 4. The van der Waals surface area contributed by atoms with Crippen molar-refractivity contribution in [3.63, 3.8) is 0 Å². The van der Waals surface area contributed by atoms with Crippen LogP contribution in [-0.2, 0) is 0 Å². The molecule has 108 valence electrons. The van der Waals surface area contributed by atoms with Gasteiger partial charge in [-0.3, -0.25) is 4.79 Å². The number of carbonyl (C=O) groups excluding carboxylic acids is 1. The molecule has 0 saturated carbocycles. The number of anilines is 1. The van der Waals surface area contributed by atoms with Gasteiger partial charge in [0.05, 0.1) is 5.69 Å². The Morgan fingerprint density at radius 2 is 2.15 bits per heavy atom. The van der Waals surface area contributed by atoms with Gasteiger partial charge in [-0.15, -0.1) is 11.3 Å². The van der Waals surface area contributed by atoms with E-state index in [0.717, 1.165) is 16.6 Å². The third-order valence-corrected chi connectivity index (χ3v) is 4.27. The standard InChI is InChI=1S/C15H21N3OS/c1-9-5-6-11-12(7-9)20-14(13(11)16)15(19)17-10(2)8-18(3)4/h5-7,10H,8,16H2,1-4H3,(H,17,19). The van der Waals surface area contributed by atoms with E-state index in [0.29, 0.717) is 10.6 Å². The summed E-state index contributed by atoms with van der Waals surface area (Å²) in [6.45, 7) is 4.83. The van der Waals surface area contributed by atoms with Crippen molar-refractivity contribution in [2.75, 3.05) is 26.4 Å². The number of thiophene rings is 1. The van der Waals surface area contributed by atoms with Crippen LogP contribution in [0.2, 0.25) is 0 Å². The number of benzene rings is 1. The minimum absolute atomic E-state index is 0.0869. The van der Waals surface area contributed by atoms with Crippen LogP contribution < -0.4 is 11.1 Å². The van der Waals surface area contributed by atoms with Crippen LogP contribution >= 0.6 is 11.3 Å². The largest absolute Gasteiger partial charge is 0.397 e. The van der Waals surface area contributed by atoms with Gasteiger partial charge >= 0.3 is 0 Å². The number of hydrogen-bond donors (Lipinski definition) is 2. The molecule has 1 aromatic heterocycles. The first kappa shape index (κ1) is 14.8. The number of carbonyl (C=O) groups is 1. The Morgan fingerprint density at radius 3 is 2.80 bits per heavy atom. The van der Waals surface area contributed by atoms with Crippen LogP contribution in [-0.4, -0.2) is 37.5 Å². The first-order valence-electron chi connectivity index (χ1n) is 6.62. The second-order valence-electron chi connectivity index (χ2n) is 5.48. The molecular formula is C15H21N3OS. The highest BCUT2D eigenvalue weighted by Crippen LogP contribution is 2.34. The van der Waals surface area contributed by atoms with Gasteiger partial charge in [0.15, 0.2) is 0 Å². The molecule has 0 aliphatic rings. The third kappa shape index (κ3) is 3.11. The molecule has 0 aliphatic heterocycles. The van der Waals surface area contributed by atoms with E-state index in [1.165, 1.54) is 16.9 Å². The fourth-order valence-electron chi connectivity index (χ4n) is 2.28. The Hall–Kier alpha value is -1.59. The highest BCUT2D eigenvalue weighted by molar-refractivity contribution is 7.21. The summed E-state index contributed by atoms with van der Waals surface area (Å²) in [5, 5.41) is 3.96. The number of nitrogens with one attached hydrogen (secondary N) is 1. The summed E-state index contributed by atoms with van der Waals surface area (Å²) in [4.78, 5) is 15.0. The van der Waals surface area contributed by atoms with Gasteiger partial charge in [-0.25, -0.2) is 0 Å². The summed E-state index contributed by atoms with van der Waals surface area (Å²) in [5.41, 5.74) is 7.86. The Balaban J connectivity index is 2.24. The van der Waals surface area contributed by atoms with Gasteiger partial charge in [-0.1, -0.05) is 12.1 Å². The van der Waals surface area contributed by atoms with E-state index < -0.39 is 0 Å². The van der Waals surface area contributed by atoms with Crippen molar-refractivity contribution in [3.8, 4) is 0 Å². The summed E-state index contributed by atoms with van der Waals surface area (Å²) in [6, 6.07) is 6.15. The molecule has 0 radical (unpaired) electrons. The van der Waals surface area contributed by atoms with Crippen molar-refractivity contribution in [3.05, 3.63) is 28.6 Å². The van der Waals surface area contributed by atoms with Crippen LogP contribution in [0, 0.1) is 6.92 Å². The van der Waals surface area contributed by atoms with E-state index in [1.807, 2.05) is 45.0 Å². The monoisotopic (exact) mass is 291 g/mol. The molecule has 0 bridgehead atoms. The molecule has 1 heterocycles. The lowest BCUT2D eigenvalue weighted by Gasteiger charge is -2.17. The SMILES string of the molecule is Cc1ccc2c(N)c(C(=O)NC(C)CN(C)C)sc2c1. The number of nitrogens with two attached hydrogens (primary N) is 1. The number of amides is 1. The minimum atomic E-state index is -0.0873. The summed E-state index contributed by atoms with van der Waals surface area (Å²) in [7, 11) is 3.97. The predicted octanol–water partition coefficient (Wildman–Crippen LogP) is 2.47. The quantitative estimate of drug-likeness (QED) is 0.910. The van der Waals surface area contributed by atoms with E-state index in [4.69, 9.17) is 5.73 Å². The lowest BCUT2D eigenvalue weighted by atomic mass is 10.1. The van der Waals surface area contributed by atoms with Gasteiger partial charge in [-0.05, 0) is 39.6 Å². The third-order valence-electron chi connectivity index (χ3n) is 3.11. The van der Waals surface area contributed by atoms with Crippen LogP contribution in [0.3, 0.4) is 0 Å². The van der Waals surface area contributed by atoms with Gasteiger partial charge in [0.25, 0.3) is 5.91 Å². The molecule has 1 unspecified atom stereocenters. The topological polar surface area (TPSA) is 58.4 Å². The lowest BCUT2D eigenvalue weighted by Crippen LogP contribution is -2.39. The normalized spacial score (nSPS) is 12.8. The first-order valence-corrected chi connectivity index (χ1v) is 7.44. The molecule has 4 nitrogen and oxygen atoms in total. The van der Waals surface area contributed by atoms with Crippen LogP contribution in [0.4, 0.5) is 5.69 Å². The summed E-state index contributed by atoms with van der Waals surface area (Å²) in [5.74, 6) is -0.0873. The van der Waals surface area contributed by atoms with Gasteiger partial charge in [0.2, 0.25) is 0 Å². The highest BCUT2D eigenvalue weighted by Gasteiger charge is 2.18.